The zero-order valence-electron chi connectivity index (χ0n) is 11.2. The molecule has 3 fully saturated rings. The van der Waals surface area contributed by atoms with Crippen LogP contribution in [0, 0.1) is 11.8 Å². The molecule has 1 N–H and O–H groups in total. The van der Waals surface area contributed by atoms with Gasteiger partial charge in [-0.15, -0.1) is 0 Å². The molecule has 3 aliphatic rings. The van der Waals surface area contributed by atoms with Gasteiger partial charge in [0.05, 0.1) is 0 Å². The predicted molar refractivity (Wildman–Crippen MR) is 75.6 cm³/mol. The molecule has 0 aromatic carbocycles. The maximum atomic E-state index is 3.82. The van der Waals surface area contributed by atoms with Crippen LogP contribution in [0.3, 0.4) is 0 Å². The minimum atomic E-state index is 0.772. The second-order valence-corrected chi connectivity index (χ2v) is 7.53. The van der Waals surface area contributed by atoms with E-state index in [1.165, 1.54) is 43.9 Å². The average Bonchev–Trinajstić information content (AvgIpc) is 3.04. The number of hydrogen-bond acceptors (Lipinski definition) is 3. The number of piperazine rings is 1. The van der Waals surface area contributed by atoms with Crippen molar-refractivity contribution in [2.24, 2.45) is 11.8 Å². The molecule has 2 heterocycles. The van der Waals surface area contributed by atoms with Gasteiger partial charge in [0.25, 0.3) is 0 Å². The van der Waals surface area contributed by atoms with Crippen LogP contribution in [0.1, 0.15) is 33.1 Å². The first-order chi connectivity index (χ1) is 8.25. The minimum absolute atomic E-state index is 0.772. The third-order valence-electron chi connectivity index (χ3n) is 4.76. The molecule has 0 spiro atoms. The van der Waals surface area contributed by atoms with E-state index in [0.717, 1.165) is 30.0 Å². The summed E-state index contributed by atoms with van der Waals surface area (Å²) in [6.07, 6.45) is 4.36. The van der Waals surface area contributed by atoms with Crippen LogP contribution in [-0.2, 0) is 0 Å². The Morgan fingerprint density at radius 1 is 1.24 bits per heavy atom. The molecule has 98 valence electrons. The van der Waals surface area contributed by atoms with Crippen LogP contribution < -0.4 is 5.32 Å². The molecule has 2 aliphatic heterocycles. The molecule has 1 aliphatic carbocycles. The summed E-state index contributed by atoms with van der Waals surface area (Å²) >= 11 is 2.15. The summed E-state index contributed by atoms with van der Waals surface area (Å²) in [6, 6.07) is 2.44. The van der Waals surface area contributed by atoms with Crippen LogP contribution >= 0.6 is 11.8 Å². The first-order valence-corrected chi connectivity index (χ1v) is 8.48. The van der Waals surface area contributed by atoms with Crippen molar-refractivity contribution in [3.8, 4) is 0 Å². The molecule has 2 nitrogen and oxygen atoms in total. The van der Waals surface area contributed by atoms with Crippen molar-refractivity contribution in [2.45, 2.75) is 51.2 Å². The van der Waals surface area contributed by atoms with Crippen LogP contribution in [0.5, 0.6) is 0 Å². The lowest BCUT2D eigenvalue weighted by Crippen LogP contribution is -2.61. The Labute approximate surface area is 110 Å². The zero-order chi connectivity index (χ0) is 11.8. The maximum Gasteiger partial charge on any atom is 0.0247 e. The zero-order valence-corrected chi connectivity index (χ0v) is 12.0. The van der Waals surface area contributed by atoms with E-state index in [0.29, 0.717) is 0 Å². The van der Waals surface area contributed by atoms with E-state index >= 15 is 0 Å². The van der Waals surface area contributed by atoms with Gasteiger partial charge in [0.15, 0.2) is 0 Å². The Bertz CT molecular complexity index is 259. The van der Waals surface area contributed by atoms with Gasteiger partial charge in [0, 0.05) is 37.0 Å². The summed E-state index contributed by atoms with van der Waals surface area (Å²) in [5.74, 6) is 4.54. The summed E-state index contributed by atoms with van der Waals surface area (Å²) in [5, 5.41) is 3.82. The molecule has 0 bridgehead atoms. The lowest BCUT2D eigenvalue weighted by atomic mass is 9.95. The molecule has 0 radical (unpaired) electrons. The van der Waals surface area contributed by atoms with Gasteiger partial charge in [-0.25, -0.2) is 0 Å². The molecule has 2 saturated heterocycles. The number of nitrogens with zero attached hydrogens (tertiary/aromatic N) is 1. The fraction of sp³-hybridized carbons (Fsp3) is 1.00. The van der Waals surface area contributed by atoms with Crippen molar-refractivity contribution >= 4 is 11.8 Å². The van der Waals surface area contributed by atoms with Crippen LogP contribution in [-0.4, -0.2) is 47.6 Å². The second-order valence-electron chi connectivity index (χ2n) is 6.38. The number of rotatable bonds is 3. The van der Waals surface area contributed by atoms with Crippen LogP contribution in [0.15, 0.2) is 0 Å². The van der Waals surface area contributed by atoms with Crippen molar-refractivity contribution < 1.29 is 0 Å². The lowest BCUT2D eigenvalue weighted by molar-refractivity contribution is 0.0601. The fourth-order valence-electron chi connectivity index (χ4n) is 3.45. The van der Waals surface area contributed by atoms with Crippen molar-refractivity contribution in [3.63, 3.8) is 0 Å². The normalized spacial score (nSPS) is 40.1. The molecular formula is C14H26N2S. The highest BCUT2D eigenvalue weighted by Gasteiger charge is 2.40. The maximum absolute atomic E-state index is 3.82. The largest absolute Gasteiger partial charge is 0.311 e. The van der Waals surface area contributed by atoms with Crippen molar-refractivity contribution in [2.75, 3.05) is 24.6 Å². The third kappa shape index (κ3) is 2.66. The first kappa shape index (κ1) is 12.3. The van der Waals surface area contributed by atoms with E-state index in [4.69, 9.17) is 0 Å². The lowest BCUT2D eigenvalue weighted by Gasteiger charge is -2.45. The van der Waals surface area contributed by atoms with E-state index in [9.17, 15) is 0 Å². The molecule has 3 unspecified atom stereocenters. The van der Waals surface area contributed by atoms with Crippen LogP contribution in [0.25, 0.3) is 0 Å². The topological polar surface area (TPSA) is 15.3 Å². The minimum Gasteiger partial charge on any atom is -0.311 e. The summed E-state index contributed by atoms with van der Waals surface area (Å²) in [5.41, 5.74) is 0. The van der Waals surface area contributed by atoms with E-state index in [2.05, 4.69) is 35.8 Å². The van der Waals surface area contributed by atoms with Gasteiger partial charge in [-0.3, -0.25) is 4.90 Å². The Balaban J connectivity index is 1.68. The summed E-state index contributed by atoms with van der Waals surface area (Å²) in [6.45, 7) is 7.32. The van der Waals surface area contributed by atoms with Crippen molar-refractivity contribution in [1.29, 1.82) is 0 Å². The monoisotopic (exact) mass is 254 g/mol. The van der Waals surface area contributed by atoms with E-state index in [-0.39, 0.29) is 0 Å². The molecule has 3 heteroatoms. The summed E-state index contributed by atoms with van der Waals surface area (Å²) in [4.78, 5) is 2.87. The number of nitrogens with one attached hydrogen (secondary N) is 1. The van der Waals surface area contributed by atoms with Crippen molar-refractivity contribution in [1.82, 2.24) is 10.2 Å². The molecule has 3 atom stereocenters. The molecule has 0 aromatic rings. The summed E-state index contributed by atoms with van der Waals surface area (Å²) < 4.78 is 0. The molecule has 1 saturated carbocycles. The third-order valence-corrected chi connectivity index (χ3v) is 5.90. The van der Waals surface area contributed by atoms with Gasteiger partial charge in [-0.2, -0.15) is 11.8 Å². The summed E-state index contributed by atoms with van der Waals surface area (Å²) in [7, 11) is 0. The number of thioether (sulfide) groups is 1. The van der Waals surface area contributed by atoms with Gasteiger partial charge in [0.2, 0.25) is 0 Å². The quantitative estimate of drug-likeness (QED) is 0.831. The van der Waals surface area contributed by atoms with Gasteiger partial charge >= 0.3 is 0 Å². The van der Waals surface area contributed by atoms with E-state index < -0.39 is 0 Å². The Hall–Kier alpha value is 0.270. The van der Waals surface area contributed by atoms with Gasteiger partial charge < -0.3 is 5.32 Å². The fourth-order valence-corrected chi connectivity index (χ4v) is 4.69. The Kier molecular flexibility index (Phi) is 3.69. The first-order valence-electron chi connectivity index (χ1n) is 7.32. The highest BCUT2D eigenvalue weighted by atomic mass is 32.2. The molecule has 0 amide bonds. The molecule has 17 heavy (non-hydrogen) atoms. The standard InChI is InChI=1S/C14H26N2S/c1-10(2)14-7-15-13(11-3-4-11)8-16(14)12-5-6-17-9-12/h10-15H,3-9H2,1-2H3. The SMILES string of the molecule is CC(C)C1CNC(C2CC2)CN1C1CCSC1. The molecule has 0 aromatic heterocycles. The molecule has 3 rings (SSSR count). The van der Waals surface area contributed by atoms with Gasteiger partial charge in [-0.05, 0) is 36.9 Å². The highest BCUT2D eigenvalue weighted by molar-refractivity contribution is 7.99. The van der Waals surface area contributed by atoms with Crippen molar-refractivity contribution in [3.05, 3.63) is 0 Å². The van der Waals surface area contributed by atoms with Crippen LogP contribution in [0.4, 0.5) is 0 Å². The second kappa shape index (κ2) is 5.10. The van der Waals surface area contributed by atoms with E-state index in [1.54, 1.807) is 0 Å². The molecular weight excluding hydrogens is 228 g/mol. The van der Waals surface area contributed by atoms with E-state index in [1.807, 2.05) is 0 Å². The van der Waals surface area contributed by atoms with Gasteiger partial charge in [0.1, 0.15) is 0 Å². The Morgan fingerprint density at radius 3 is 2.65 bits per heavy atom. The smallest absolute Gasteiger partial charge is 0.0247 e. The Morgan fingerprint density at radius 2 is 2.06 bits per heavy atom. The predicted octanol–water partition coefficient (Wildman–Crippen LogP) is 2.20. The van der Waals surface area contributed by atoms with Crippen LogP contribution in [0.2, 0.25) is 0 Å². The highest BCUT2D eigenvalue weighted by Crippen LogP contribution is 2.36. The average molecular weight is 254 g/mol. The number of hydrogen-bond donors (Lipinski definition) is 1. The van der Waals surface area contributed by atoms with Gasteiger partial charge in [-0.1, -0.05) is 13.8 Å².